The van der Waals surface area contributed by atoms with Crippen LogP contribution in [0.15, 0.2) is 24.4 Å². The van der Waals surface area contributed by atoms with Crippen molar-refractivity contribution < 1.29 is 14.3 Å². The highest BCUT2D eigenvalue weighted by atomic mass is 19.1. The van der Waals surface area contributed by atoms with Gasteiger partial charge in [0.1, 0.15) is 5.82 Å². The summed E-state index contributed by atoms with van der Waals surface area (Å²) < 4.78 is 15.9. The molecule has 122 valence electrons. The first-order valence-corrected chi connectivity index (χ1v) is 8.02. The second-order valence-corrected chi connectivity index (χ2v) is 6.26. The van der Waals surface area contributed by atoms with Crippen molar-refractivity contribution >= 4 is 5.97 Å². The molecule has 0 radical (unpaired) electrons. The van der Waals surface area contributed by atoms with Crippen LogP contribution >= 0.6 is 0 Å². The first kappa shape index (κ1) is 15.7. The van der Waals surface area contributed by atoms with Gasteiger partial charge in [-0.15, -0.1) is 0 Å². The number of halogens is 1. The molecule has 1 aromatic carbocycles. The molecular weight excluding hydrogens is 295 g/mol. The molecule has 2 aromatic rings. The number of rotatable bonds is 3. The van der Waals surface area contributed by atoms with Crippen molar-refractivity contribution in [1.82, 2.24) is 9.78 Å². The molecule has 0 bridgehead atoms. The van der Waals surface area contributed by atoms with Crippen LogP contribution in [-0.2, 0) is 29.6 Å². The number of hydrogen-bond acceptors (Lipinski definition) is 2. The molecule has 0 saturated carbocycles. The van der Waals surface area contributed by atoms with E-state index in [1.807, 2.05) is 17.8 Å². The Balaban J connectivity index is 2.02. The van der Waals surface area contributed by atoms with E-state index in [-0.39, 0.29) is 5.82 Å². The molecule has 5 heteroatoms. The number of aryl methyl sites for hydroxylation is 3. The highest BCUT2D eigenvalue weighted by molar-refractivity contribution is 5.82. The summed E-state index contributed by atoms with van der Waals surface area (Å²) in [5.41, 5.74) is 2.08. The average molecular weight is 316 g/mol. The lowest BCUT2D eigenvalue weighted by atomic mass is 9.72. The van der Waals surface area contributed by atoms with Crippen LogP contribution in [0.3, 0.4) is 0 Å². The Labute approximate surface area is 134 Å². The maximum absolute atomic E-state index is 14.0. The van der Waals surface area contributed by atoms with Crippen LogP contribution < -0.4 is 0 Å². The molecule has 1 aliphatic rings. The molecule has 23 heavy (non-hydrogen) atoms. The zero-order valence-corrected chi connectivity index (χ0v) is 13.5. The fourth-order valence-electron chi connectivity index (χ4n) is 3.61. The molecule has 0 amide bonds. The number of aromatic nitrogens is 2. The SMILES string of the molecule is CCn1cc2c(n1)CCC(C(=O)O)(c1cccc(F)c1C)CC2. The fourth-order valence-corrected chi connectivity index (χ4v) is 3.61. The van der Waals surface area contributed by atoms with Crippen LogP contribution in [0.1, 0.15) is 42.1 Å². The van der Waals surface area contributed by atoms with Crippen LogP contribution in [0.2, 0.25) is 0 Å². The molecule has 0 spiro atoms. The lowest BCUT2D eigenvalue weighted by molar-refractivity contribution is -0.144. The summed E-state index contributed by atoms with van der Waals surface area (Å²) in [6.45, 7) is 4.50. The number of hydrogen-bond donors (Lipinski definition) is 1. The summed E-state index contributed by atoms with van der Waals surface area (Å²) >= 11 is 0. The van der Waals surface area contributed by atoms with Crippen LogP contribution in [-0.4, -0.2) is 20.9 Å². The third-order valence-electron chi connectivity index (χ3n) is 5.05. The van der Waals surface area contributed by atoms with Crippen molar-refractivity contribution in [2.75, 3.05) is 0 Å². The maximum Gasteiger partial charge on any atom is 0.314 e. The second-order valence-electron chi connectivity index (χ2n) is 6.26. The largest absolute Gasteiger partial charge is 0.481 e. The second kappa shape index (κ2) is 5.80. The van der Waals surface area contributed by atoms with Gasteiger partial charge < -0.3 is 5.11 Å². The summed E-state index contributed by atoms with van der Waals surface area (Å²) in [5, 5.41) is 14.5. The number of benzene rings is 1. The summed E-state index contributed by atoms with van der Waals surface area (Å²) in [6.07, 6.45) is 4.17. The number of carbonyl (C=O) groups is 1. The molecule has 1 aliphatic carbocycles. The van der Waals surface area contributed by atoms with Gasteiger partial charge in [0.05, 0.1) is 11.1 Å². The minimum absolute atomic E-state index is 0.346. The van der Waals surface area contributed by atoms with E-state index >= 15 is 0 Å². The van der Waals surface area contributed by atoms with Gasteiger partial charge in [0.15, 0.2) is 0 Å². The van der Waals surface area contributed by atoms with Gasteiger partial charge in [0, 0.05) is 12.7 Å². The summed E-state index contributed by atoms with van der Waals surface area (Å²) in [7, 11) is 0. The summed E-state index contributed by atoms with van der Waals surface area (Å²) in [4.78, 5) is 12.1. The molecule has 0 saturated heterocycles. The van der Waals surface area contributed by atoms with Gasteiger partial charge in [-0.3, -0.25) is 9.48 Å². The van der Waals surface area contributed by atoms with Crippen LogP contribution in [0.4, 0.5) is 4.39 Å². The smallest absolute Gasteiger partial charge is 0.314 e. The molecule has 0 fully saturated rings. The first-order chi connectivity index (χ1) is 11.0. The van der Waals surface area contributed by atoms with Gasteiger partial charge in [-0.1, -0.05) is 12.1 Å². The van der Waals surface area contributed by atoms with Gasteiger partial charge in [0.25, 0.3) is 0 Å². The van der Waals surface area contributed by atoms with Gasteiger partial charge >= 0.3 is 5.97 Å². The monoisotopic (exact) mass is 316 g/mol. The third kappa shape index (κ3) is 2.54. The molecule has 1 unspecified atom stereocenters. The topological polar surface area (TPSA) is 55.1 Å². The van der Waals surface area contributed by atoms with E-state index in [0.717, 1.165) is 17.8 Å². The zero-order valence-electron chi connectivity index (χ0n) is 13.5. The number of carboxylic acids is 1. The lowest BCUT2D eigenvalue weighted by Gasteiger charge is -2.30. The van der Waals surface area contributed by atoms with Crippen LogP contribution in [0.25, 0.3) is 0 Å². The molecule has 1 aromatic heterocycles. The molecule has 1 N–H and O–H groups in total. The molecule has 4 nitrogen and oxygen atoms in total. The molecule has 1 atom stereocenters. The number of carboxylic acid groups (broad SMARTS) is 1. The Morgan fingerprint density at radius 3 is 2.83 bits per heavy atom. The summed E-state index contributed by atoms with van der Waals surface area (Å²) in [6, 6.07) is 4.73. The predicted molar refractivity (Wildman–Crippen MR) is 85.0 cm³/mol. The number of aliphatic carboxylic acids is 1. The lowest BCUT2D eigenvalue weighted by Crippen LogP contribution is -2.37. The number of fused-ring (bicyclic) bond motifs is 1. The van der Waals surface area contributed by atoms with E-state index in [4.69, 9.17) is 0 Å². The van der Waals surface area contributed by atoms with Crippen molar-refractivity contribution in [2.45, 2.75) is 51.5 Å². The minimum atomic E-state index is -1.04. The van der Waals surface area contributed by atoms with E-state index in [1.165, 1.54) is 6.07 Å². The Kier molecular flexibility index (Phi) is 3.96. The fraction of sp³-hybridized carbons (Fsp3) is 0.444. The quantitative estimate of drug-likeness (QED) is 0.884. The highest BCUT2D eigenvalue weighted by Gasteiger charge is 2.43. The molecule has 0 aliphatic heterocycles. The normalized spacial score (nSPS) is 20.8. The van der Waals surface area contributed by atoms with E-state index in [1.54, 1.807) is 19.1 Å². The van der Waals surface area contributed by atoms with Gasteiger partial charge in [-0.25, -0.2) is 4.39 Å². The van der Waals surface area contributed by atoms with Crippen molar-refractivity contribution in [3.05, 3.63) is 52.6 Å². The van der Waals surface area contributed by atoms with E-state index < -0.39 is 11.4 Å². The van der Waals surface area contributed by atoms with Gasteiger partial charge in [-0.2, -0.15) is 5.10 Å². The van der Waals surface area contributed by atoms with Crippen LogP contribution in [0.5, 0.6) is 0 Å². The highest BCUT2D eigenvalue weighted by Crippen LogP contribution is 2.40. The molecular formula is C18H21FN2O2. The van der Waals surface area contributed by atoms with Gasteiger partial charge in [-0.05, 0) is 62.3 Å². The van der Waals surface area contributed by atoms with Crippen molar-refractivity contribution in [3.63, 3.8) is 0 Å². The van der Waals surface area contributed by atoms with Crippen molar-refractivity contribution in [2.24, 2.45) is 0 Å². The number of nitrogens with zero attached hydrogens (tertiary/aromatic N) is 2. The first-order valence-electron chi connectivity index (χ1n) is 8.02. The van der Waals surface area contributed by atoms with E-state index in [2.05, 4.69) is 5.10 Å². The minimum Gasteiger partial charge on any atom is -0.481 e. The zero-order chi connectivity index (χ0) is 16.6. The Hall–Kier alpha value is -2.17. The maximum atomic E-state index is 14.0. The predicted octanol–water partition coefficient (Wildman–Crippen LogP) is 3.25. The average Bonchev–Trinajstić information content (AvgIpc) is 2.85. The standard InChI is InChI=1S/C18H21FN2O2/c1-3-21-11-13-7-9-18(17(22)23,10-8-16(13)20-21)14-5-4-6-15(19)12(14)2/h4-6,11H,3,7-10H2,1-2H3,(H,22,23). The van der Waals surface area contributed by atoms with Crippen molar-refractivity contribution in [3.8, 4) is 0 Å². The molecule has 3 rings (SSSR count). The molecule has 1 heterocycles. The summed E-state index contributed by atoms with van der Waals surface area (Å²) in [5.74, 6) is -1.22. The Morgan fingerprint density at radius 2 is 2.13 bits per heavy atom. The Morgan fingerprint density at radius 1 is 1.39 bits per heavy atom. The van der Waals surface area contributed by atoms with E-state index in [0.29, 0.717) is 36.8 Å². The Bertz CT molecular complexity index is 726. The third-order valence-corrected chi connectivity index (χ3v) is 5.05. The van der Waals surface area contributed by atoms with Crippen LogP contribution in [0, 0.1) is 12.7 Å². The van der Waals surface area contributed by atoms with E-state index in [9.17, 15) is 14.3 Å². The van der Waals surface area contributed by atoms with Gasteiger partial charge in [0.2, 0.25) is 0 Å². The van der Waals surface area contributed by atoms with Crippen molar-refractivity contribution in [1.29, 1.82) is 0 Å².